The van der Waals surface area contributed by atoms with Crippen LogP contribution >= 0.6 is 0 Å². The number of furan rings is 1. The van der Waals surface area contributed by atoms with Crippen molar-refractivity contribution in [3.63, 3.8) is 0 Å². The maximum Gasteiger partial charge on any atom is 0.161 e. The highest BCUT2D eigenvalue weighted by Crippen LogP contribution is 2.48. The van der Waals surface area contributed by atoms with Crippen molar-refractivity contribution in [2.45, 2.75) is 0 Å². The summed E-state index contributed by atoms with van der Waals surface area (Å²) in [5.41, 5.74) is 14.5. The first-order chi connectivity index (χ1) is 31.8. The first-order valence-corrected chi connectivity index (χ1v) is 21.7. The first-order valence-electron chi connectivity index (χ1n) is 21.7. The van der Waals surface area contributed by atoms with Crippen LogP contribution in [0.15, 0.2) is 229 Å². The molecule has 64 heavy (non-hydrogen) atoms. The fourth-order valence-electron chi connectivity index (χ4n) is 10.0. The average Bonchev–Trinajstić information content (AvgIpc) is 3.93. The van der Waals surface area contributed by atoms with Crippen LogP contribution in [-0.4, -0.2) is 14.5 Å². The third-order valence-electron chi connectivity index (χ3n) is 12.8. The lowest BCUT2D eigenvalue weighted by molar-refractivity contribution is 0.670. The fourth-order valence-corrected chi connectivity index (χ4v) is 10.0. The molecule has 0 aliphatic heterocycles. The zero-order valence-corrected chi connectivity index (χ0v) is 34.6. The van der Waals surface area contributed by atoms with Crippen molar-refractivity contribution < 1.29 is 4.42 Å². The van der Waals surface area contributed by atoms with Crippen molar-refractivity contribution in [1.29, 1.82) is 0 Å². The van der Waals surface area contributed by atoms with Gasteiger partial charge in [-0.25, -0.2) is 9.97 Å². The highest BCUT2D eigenvalue weighted by atomic mass is 16.3. The molecule has 0 amide bonds. The van der Waals surface area contributed by atoms with Gasteiger partial charge in [0, 0.05) is 55.0 Å². The van der Waals surface area contributed by atoms with Crippen molar-refractivity contribution in [3.05, 3.63) is 224 Å². The van der Waals surface area contributed by atoms with Gasteiger partial charge in [0.2, 0.25) is 0 Å². The molecule has 4 nitrogen and oxygen atoms in total. The number of para-hydroxylation sites is 3. The van der Waals surface area contributed by atoms with Crippen LogP contribution in [0.5, 0.6) is 0 Å². The number of rotatable bonds is 6. The Bertz CT molecular complexity index is 3770. The quantitative estimate of drug-likeness (QED) is 0.157. The maximum atomic E-state index is 6.99. The number of fused-ring (bicyclic) bond motifs is 8. The van der Waals surface area contributed by atoms with E-state index in [-0.39, 0.29) is 0 Å². The van der Waals surface area contributed by atoms with Crippen molar-refractivity contribution >= 4 is 65.3 Å². The summed E-state index contributed by atoms with van der Waals surface area (Å²) < 4.78 is 9.37. The molecule has 10 aromatic carbocycles. The van der Waals surface area contributed by atoms with Crippen LogP contribution in [0.25, 0.3) is 127 Å². The van der Waals surface area contributed by atoms with E-state index in [4.69, 9.17) is 14.4 Å². The second kappa shape index (κ2) is 14.5. The van der Waals surface area contributed by atoms with Crippen LogP contribution in [0.3, 0.4) is 0 Å². The zero-order chi connectivity index (χ0) is 42.1. The molecule has 0 aliphatic carbocycles. The van der Waals surface area contributed by atoms with Gasteiger partial charge in [-0.15, -0.1) is 0 Å². The largest absolute Gasteiger partial charge is 0.455 e. The summed E-state index contributed by atoms with van der Waals surface area (Å²) in [5, 5.41) is 9.25. The molecule has 0 bridgehead atoms. The molecule has 0 fully saturated rings. The Balaban J connectivity index is 1.000. The molecule has 0 aliphatic rings. The maximum absolute atomic E-state index is 6.99. The van der Waals surface area contributed by atoms with Crippen molar-refractivity contribution in [1.82, 2.24) is 14.5 Å². The third-order valence-corrected chi connectivity index (χ3v) is 12.8. The van der Waals surface area contributed by atoms with Crippen LogP contribution in [0, 0.1) is 0 Å². The van der Waals surface area contributed by atoms with Crippen LogP contribution in [0.2, 0.25) is 0 Å². The summed E-state index contributed by atoms with van der Waals surface area (Å²) in [4.78, 5) is 10.5. The van der Waals surface area contributed by atoms with Gasteiger partial charge in [0.15, 0.2) is 5.82 Å². The number of nitrogens with zero attached hydrogens (tertiary/aromatic N) is 3. The second-order valence-electron chi connectivity index (χ2n) is 16.4. The highest BCUT2D eigenvalue weighted by Gasteiger charge is 2.23. The number of hydrogen-bond donors (Lipinski definition) is 0. The third kappa shape index (κ3) is 5.63. The van der Waals surface area contributed by atoms with E-state index in [1.807, 2.05) is 18.2 Å². The van der Waals surface area contributed by atoms with Crippen molar-refractivity contribution in [3.8, 4) is 61.8 Å². The van der Waals surface area contributed by atoms with E-state index in [9.17, 15) is 0 Å². The molecule has 298 valence electrons. The molecule has 0 atom stereocenters. The SMILES string of the molecule is c1ccc(-c2cc(-c3ccccc3)nc(-c3cccc4oc5c(-c6c7ccccc7c(-c7ccc(-n8c9ccccc9c9ccccc98)cc7)c7ccccc67)cccc5c34)n2)cc1. The minimum atomic E-state index is 0.656. The topological polar surface area (TPSA) is 43.9 Å². The van der Waals surface area contributed by atoms with Gasteiger partial charge in [-0.3, -0.25) is 0 Å². The van der Waals surface area contributed by atoms with E-state index in [0.29, 0.717) is 5.82 Å². The van der Waals surface area contributed by atoms with Crippen molar-refractivity contribution in [2.24, 2.45) is 0 Å². The lowest BCUT2D eigenvalue weighted by Crippen LogP contribution is -1.96. The molecule has 0 saturated heterocycles. The number of benzene rings is 10. The summed E-state index contributed by atoms with van der Waals surface area (Å²) in [6, 6.07) is 79.6. The second-order valence-corrected chi connectivity index (χ2v) is 16.4. The fraction of sp³-hybridized carbons (Fsp3) is 0. The van der Waals surface area contributed by atoms with E-state index in [1.165, 1.54) is 54.5 Å². The molecule has 3 aromatic heterocycles. The summed E-state index contributed by atoms with van der Waals surface area (Å²) >= 11 is 0. The van der Waals surface area contributed by atoms with Gasteiger partial charge < -0.3 is 8.98 Å². The number of aromatic nitrogens is 3. The Hall–Kier alpha value is -8.60. The molecular weight excluding hydrogens is 779 g/mol. The smallest absolute Gasteiger partial charge is 0.161 e. The molecule has 3 heterocycles. The zero-order valence-electron chi connectivity index (χ0n) is 34.6. The highest BCUT2D eigenvalue weighted by molar-refractivity contribution is 6.25. The summed E-state index contributed by atoms with van der Waals surface area (Å²) in [6.07, 6.45) is 0. The molecule has 0 radical (unpaired) electrons. The lowest BCUT2D eigenvalue weighted by atomic mass is 9.85. The van der Waals surface area contributed by atoms with Gasteiger partial charge in [0.25, 0.3) is 0 Å². The monoisotopic (exact) mass is 815 g/mol. The normalized spacial score (nSPS) is 11.8. The van der Waals surface area contributed by atoms with E-state index in [0.717, 1.165) is 66.8 Å². The molecule has 0 spiro atoms. The summed E-state index contributed by atoms with van der Waals surface area (Å²) in [7, 11) is 0. The van der Waals surface area contributed by atoms with Crippen LogP contribution in [0.4, 0.5) is 0 Å². The van der Waals surface area contributed by atoms with E-state index < -0.39 is 0 Å². The Morgan fingerprint density at radius 3 is 1.39 bits per heavy atom. The van der Waals surface area contributed by atoms with Crippen molar-refractivity contribution in [2.75, 3.05) is 0 Å². The van der Waals surface area contributed by atoms with Crippen LogP contribution < -0.4 is 0 Å². The van der Waals surface area contributed by atoms with E-state index in [1.54, 1.807) is 0 Å². The first kappa shape index (κ1) is 36.1. The van der Waals surface area contributed by atoms with Gasteiger partial charge >= 0.3 is 0 Å². The predicted octanol–water partition coefficient (Wildman–Crippen LogP) is 16.1. The van der Waals surface area contributed by atoms with E-state index >= 15 is 0 Å². The minimum absolute atomic E-state index is 0.656. The Kier molecular flexibility index (Phi) is 8.18. The predicted molar refractivity (Wildman–Crippen MR) is 266 cm³/mol. The van der Waals surface area contributed by atoms with Gasteiger partial charge in [-0.2, -0.15) is 0 Å². The standard InChI is InChI=1S/C60H37N3O/c1-3-17-38(18-4-1)51-37-52(39-19-5-2-6-20-39)62-60(61-51)50-29-16-32-55-58(50)49-28-15-27-48(59(49)64-55)57-46-25-9-7-23-44(46)56(45-24-8-10-26-47(45)57)40-33-35-41(36-34-40)63-53-30-13-11-21-42(53)43-22-12-14-31-54(43)63/h1-37H. The van der Waals surface area contributed by atoms with Gasteiger partial charge in [0.05, 0.1) is 22.4 Å². The minimum Gasteiger partial charge on any atom is -0.455 e. The van der Waals surface area contributed by atoms with E-state index in [2.05, 4.69) is 211 Å². The Morgan fingerprint density at radius 1 is 0.344 bits per heavy atom. The molecule has 0 saturated carbocycles. The van der Waals surface area contributed by atoms with Gasteiger partial charge in [-0.05, 0) is 69.1 Å². The molecular formula is C60H37N3O. The lowest BCUT2D eigenvalue weighted by Gasteiger charge is -2.18. The van der Waals surface area contributed by atoms with Crippen LogP contribution in [0.1, 0.15) is 0 Å². The Labute approximate surface area is 369 Å². The molecule has 13 rings (SSSR count). The van der Waals surface area contributed by atoms with Gasteiger partial charge in [0.1, 0.15) is 11.2 Å². The number of hydrogen-bond acceptors (Lipinski definition) is 3. The molecule has 0 unspecified atom stereocenters. The molecule has 4 heteroatoms. The Morgan fingerprint density at radius 2 is 0.812 bits per heavy atom. The van der Waals surface area contributed by atoms with Crippen LogP contribution in [-0.2, 0) is 0 Å². The molecule has 0 N–H and O–H groups in total. The molecule has 13 aromatic rings. The van der Waals surface area contributed by atoms with Gasteiger partial charge in [-0.1, -0.05) is 188 Å². The summed E-state index contributed by atoms with van der Waals surface area (Å²) in [6.45, 7) is 0. The summed E-state index contributed by atoms with van der Waals surface area (Å²) in [5.74, 6) is 0.656. The average molecular weight is 816 g/mol.